The number of nitrogens with one attached hydrogen (secondary N) is 2. The van der Waals surface area contributed by atoms with Gasteiger partial charge in [-0.2, -0.15) is 0 Å². The normalized spacial score (nSPS) is 13.7. The average molecular weight is 423 g/mol. The number of allylic oxidation sites excluding steroid dienone is 1. The summed E-state index contributed by atoms with van der Waals surface area (Å²) in [6, 6.07) is 9.54. The number of ether oxygens (including phenoxy) is 2. The minimum atomic E-state index is 0.617. The molecule has 1 aliphatic rings. The second kappa shape index (κ2) is 9.26. The first-order chi connectivity index (χ1) is 14.7. The molecule has 0 saturated carbocycles. The largest absolute Gasteiger partial charge is 0.493 e. The molecule has 3 aromatic rings. The fraction of sp³-hybridized carbons (Fsp3) is 0.348. The van der Waals surface area contributed by atoms with Crippen molar-refractivity contribution in [1.29, 1.82) is 0 Å². The number of aromatic nitrogens is 2. The van der Waals surface area contributed by atoms with Crippen molar-refractivity contribution in [2.75, 3.05) is 26.1 Å². The smallest absolute Gasteiger partial charge is 0.170 e. The second-order valence-electron chi connectivity index (χ2n) is 7.36. The number of thiocarbonyl (C=S) groups is 1. The third-order valence-electron chi connectivity index (χ3n) is 5.31. The van der Waals surface area contributed by atoms with Crippen molar-refractivity contribution in [2.45, 2.75) is 32.1 Å². The molecule has 0 amide bonds. The first-order valence-electron chi connectivity index (χ1n) is 10.2. The molecule has 1 aliphatic carbocycles. The van der Waals surface area contributed by atoms with Gasteiger partial charge in [-0.15, -0.1) is 0 Å². The molecule has 2 aromatic carbocycles. The molecule has 1 heterocycles. The molecule has 0 bridgehead atoms. The maximum absolute atomic E-state index is 5.45. The Balaban J connectivity index is 1.47. The van der Waals surface area contributed by atoms with Crippen LogP contribution in [-0.4, -0.2) is 35.8 Å². The molecule has 156 valence electrons. The third-order valence-corrected chi connectivity index (χ3v) is 5.56. The van der Waals surface area contributed by atoms with E-state index in [2.05, 4.69) is 16.7 Å². The minimum absolute atomic E-state index is 0.617. The highest BCUT2D eigenvalue weighted by atomic mass is 32.1. The zero-order valence-electron chi connectivity index (χ0n) is 17.3. The van der Waals surface area contributed by atoms with Crippen molar-refractivity contribution in [3.8, 4) is 11.5 Å². The number of anilines is 1. The van der Waals surface area contributed by atoms with Crippen LogP contribution in [0.3, 0.4) is 0 Å². The molecular formula is C23H26N4O2S. The average Bonchev–Trinajstić information content (AvgIpc) is 2.77. The summed E-state index contributed by atoms with van der Waals surface area (Å²) in [7, 11) is 3.22. The van der Waals surface area contributed by atoms with Crippen LogP contribution >= 0.6 is 12.2 Å². The molecule has 0 radical (unpaired) electrons. The molecule has 0 saturated heterocycles. The Hall–Kier alpha value is -2.93. The lowest BCUT2D eigenvalue weighted by Gasteiger charge is -2.14. The van der Waals surface area contributed by atoms with Crippen LogP contribution in [0.15, 0.2) is 42.0 Å². The summed E-state index contributed by atoms with van der Waals surface area (Å²) in [4.78, 5) is 9.45. The summed E-state index contributed by atoms with van der Waals surface area (Å²) in [6.45, 7) is 0.845. The Morgan fingerprint density at radius 1 is 0.967 bits per heavy atom. The number of hydrogen-bond acceptors (Lipinski definition) is 5. The Morgan fingerprint density at radius 3 is 2.33 bits per heavy atom. The van der Waals surface area contributed by atoms with Gasteiger partial charge in [-0.1, -0.05) is 11.6 Å². The highest BCUT2D eigenvalue weighted by Gasteiger charge is 2.10. The molecule has 0 fully saturated rings. The Bertz CT molecular complexity index is 1110. The zero-order valence-corrected chi connectivity index (χ0v) is 18.1. The van der Waals surface area contributed by atoms with E-state index in [1.165, 1.54) is 31.3 Å². The van der Waals surface area contributed by atoms with Crippen molar-refractivity contribution in [3.05, 3.63) is 42.0 Å². The number of methoxy groups -OCH3 is 2. The van der Waals surface area contributed by atoms with E-state index in [-0.39, 0.29) is 0 Å². The van der Waals surface area contributed by atoms with E-state index in [4.69, 9.17) is 31.7 Å². The molecule has 0 aliphatic heterocycles. The number of benzene rings is 2. The predicted molar refractivity (Wildman–Crippen MR) is 126 cm³/mol. The van der Waals surface area contributed by atoms with Crippen LogP contribution in [0.4, 0.5) is 5.69 Å². The summed E-state index contributed by atoms with van der Waals surface area (Å²) in [5.41, 5.74) is 5.52. The topological polar surface area (TPSA) is 68.3 Å². The lowest BCUT2D eigenvalue weighted by molar-refractivity contribution is 0.355. The molecule has 0 unspecified atom stereocenters. The zero-order chi connectivity index (χ0) is 20.9. The van der Waals surface area contributed by atoms with Crippen LogP contribution in [0, 0.1) is 0 Å². The first-order valence-corrected chi connectivity index (χ1v) is 10.6. The molecule has 30 heavy (non-hydrogen) atoms. The van der Waals surface area contributed by atoms with Gasteiger partial charge in [-0.3, -0.25) is 0 Å². The standard InChI is InChI=1S/C23H26N4O2S/c1-28-21-13-19-20(14-22(21)29-2)27-18-12-16(8-9-17(18)26-19)25-23(30)24-11-10-15-6-4-3-5-7-15/h6,8-9,12-14H,3-5,7,10-11H2,1-2H3,(H2,24,25,30). The predicted octanol–water partition coefficient (Wildman–Crippen LogP) is 4.98. The Kier molecular flexibility index (Phi) is 6.28. The van der Waals surface area contributed by atoms with Crippen LogP contribution in [0.1, 0.15) is 32.1 Å². The molecule has 0 spiro atoms. The van der Waals surface area contributed by atoms with Crippen molar-refractivity contribution >= 4 is 45.1 Å². The quantitative estimate of drug-likeness (QED) is 0.330. The van der Waals surface area contributed by atoms with Gasteiger partial charge >= 0.3 is 0 Å². The van der Waals surface area contributed by atoms with E-state index < -0.39 is 0 Å². The number of fused-ring (bicyclic) bond motifs is 2. The van der Waals surface area contributed by atoms with Gasteiger partial charge < -0.3 is 20.1 Å². The van der Waals surface area contributed by atoms with Crippen molar-refractivity contribution < 1.29 is 9.47 Å². The van der Waals surface area contributed by atoms with Gasteiger partial charge in [0.1, 0.15) is 0 Å². The Labute approximate surface area is 181 Å². The van der Waals surface area contributed by atoms with Crippen molar-refractivity contribution in [2.24, 2.45) is 0 Å². The van der Waals surface area contributed by atoms with E-state index in [1.807, 2.05) is 30.3 Å². The monoisotopic (exact) mass is 422 g/mol. The maximum atomic E-state index is 5.45. The number of nitrogens with zero attached hydrogens (tertiary/aromatic N) is 2. The molecule has 1 aromatic heterocycles. The van der Waals surface area contributed by atoms with Crippen LogP contribution < -0.4 is 20.1 Å². The SMILES string of the molecule is COc1cc2nc3ccc(NC(=S)NCCC4=CCCCC4)cc3nc2cc1OC. The molecule has 4 rings (SSSR count). The number of rotatable bonds is 6. The second-order valence-corrected chi connectivity index (χ2v) is 7.77. The van der Waals surface area contributed by atoms with Crippen molar-refractivity contribution in [1.82, 2.24) is 15.3 Å². The molecular weight excluding hydrogens is 396 g/mol. The van der Waals surface area contributed by atoms with Crippen molar-refractivity contribution in [3.63, 3.8) is 0 Å². The van der Waals surface area contributed by atoms with Gasteiger partial charge in [0.25, 0.3) is 0 Å². The molecule has 6 nitrogen and oxygen atoms in total. The van der Waals surface area contributed by atoms with Gasteiger partial charge in [0.05, 0.1) is 36.3 Å². The highest BCUT2D eigenvalue weighted by Crippen LogP contribution is 2.31. The minimum Gasteiger partial charge on any atom is -0.493 e. The van der Waals surface area contributed by atoms with E-state index >= 15 is 0 Å². The van der Waals surface area contributed by atoms with Gasteiger partial charge in [0, 0.05) is 24.4 Å². The fourth-order valence-electron chi connectivity index (χ4n) is 3.73. The highest BCUT2D eigenvalue weighted by molar-refractivity contribution is 7.80. The van der Waals surface area contributed by atoms with Gasteiger partial charge in [0.15, 0.2) is 16.6 Å². The first kappa shape index (κ1) is 20.3. The Morgan fingerprint density at radius 2 is 1.67 bits per heavy atom. The summed E-state index contributed by atoms with van der Waals surface area (Å²) in [5.74, 6) is 1.27. The molecule has 2 N–H and O–H groups in total. The van der Waals surface area contributed by atoms with E-state index in [1.54, 1.807) is 14.2 Å². The number of hydrogen-bond donors (Lipinski definition) is 2. The van der Waals surface area contributed by atoms with Crippen LogP contribution in [0.5, 0.6) is 11.5 Å². The van der Waals surface area contributed by atoms with Crippen LogP contribution in [-0.2, 0) is 0 Å². The van der Waals surface area contributed by atoms with Gasteiger partial charge in [-0.25, -0.2) is 9.97 Å². The maximum Gasteiger partial charge on any atom is 0.170 e. The summed E-state index contributed by atoms with van der Waals surface area (Å²) < 4.78 is 10.7. The lowest BCUT2D eigenvalue weighted by atomic mass is 9.97. The summed E-state index contributed by atoms with van der Waals surface area (Å²) in [6.07, 6.45) is 8.47. The molecule has 7 heteroatoms. The summed E-state index contributed by atoms with van der Waals surface area (Å²) >= 11 is 5.45. The third kappa shape index (κ3) is 4.62. The van der Waals surface area contributed by atoms with Gasteiger partial charge in [-0.05, 0) is 62.5 Å². The molecule has 0 atom stereocenters. The van der Waals surface area contributed by atoms with Crippen LogP contribution in [0.2, 0.25) is 0 Å². The summed E-state index contributed by atoms with van der Waals surface area (Å²) in [5, 5.41) is 7.16. The van der Waals surface area contributed by atoms with E-state index in [9.17, 15) is 0 Å². The van der Waals surface area contributed by atoms with E-state index in [0.717, 1.165) is 40.7 Å². The van der Waals surface area contributed by atoms with Crippen LogP contribution in [0.25, 0.3) is 22.1 Å². The van der Waals surface area contributed by atoms with E-state index in [0.29, 0.717) is 16.6 Å². The fourth-order valence-corrected chi connectivity index (χ4v) is 3.94. The van der Waals surface area contributed by atoms with Gasteiger partial charge in [0.2, 0.25) is 0 Å². The lowest BCUT2D eigenvalue weighted by Crippen LogP contribution is -2.29.